The van der Waals surface area contributed by atoms with Gasteiger partial charge in [0.25, 0.3) is 0 Å². The fraction of sp³-hybridized carbons (Fsp3) is 0. The van der Waals surface area contributed by atoms with E-state index in [0.717, 1.165) is 11.3 Å². The summed E-state index contributed by atoms with van der Waals surface area (Å²) in [7, 11) is 0. The molecule has 0 bridgehead atoms. The van der Waals surface area contributed by atoms with Crippen LogP contribution in [-0.4, -0.2) is 11.3 Å². The predicted octanol–water partition coefficient (Wildman–Crippen LogP) is 10.8. The van der Waals surface area contributed by atoms with E-state index in [4.69, 9.17) is 116 Å². The fourth-order valence-corrected chi connectivity index (χ4v) is 5.99. The van der Waals surface area contributed by atoms with E-state index >= 15 is 0 Å². The molecule has 2 aromatic carbocycles. The van der Waals surface area contributed by atoms with E-state index < -0.39 is 0 Å². The van der Waals surface area contributed by atoms with Crippen LogP contribution in [0.1, 0.15) is 9.67 Å². The van der Waals surface area contributed by atoms with E-state index in [0.29, 0.717) is 6.29 Å². The topological polar surface area (TPSA) is 30.0 Å². The van der Waals surface area contributed by atoms with Crippen molar-refractivity contribution in [3.63, 3.8) is 0 Å². The third kappa shape index (κ3) is 4.07. The summed E-state index contributed by atoms with van der Waals surface area (Å²) in [6.45, 7) is 0. The molecule has 3 aromatic rings. The standard InChI is InChI=1S/C16HCl10NOS/c17-5-3(6(18)10(22)13(25)9(5)21)15-2(1-28)29-16(27-15)4-7(19)11(23)14(26)12(24)8(4)20/h1H. The first-order valence-corrected chi connectivity index (χ1v) is 11.6. The summed E-state index contributed by atoms with van der Waals surface area (Å²) in [4.78, 5) is 16.3. The zero-order valence-electron chi connectivity index (χ0n) is 13.1. The molecule has 2 nitrogen and oxygen atoms in total. The molecular weight excluding hydrogens is 609 g/mol. The number of carbonyl (C=O) groups excluding carboxylic acids is 1. The van der Waals surface area contributed by atoms with Crippen molar-refractivity contribution in [1.82, 2.24) is 4.98 Å². The van der Waals surface area contributed by atoms with Gasteiger partial charge in [0.2, 0.25) is 0 Å². The molecule has 152 valence electrons. The molecule has 0 saturated carbocycles. The molecule has 0 saturated heterocycles. The van der Waals surface area contributed by atoms with Gasteiger partial charge in [0.1, 0.15) is 5.01 Å². The summed E-state index contributed by atoms with van der Waals surface area (Å²) in [5, 5.41) is 0.000475. The van der Waals surface area contributed by atoms with Gasteiger partial charge in [-0.25, -0.2) is 4.98 Å². The van der Waals surface area contributed by atoms with E-state index in [2.05, 4.69) is 4.98 Å². The lowest BCUT2D eigenvalue weighted by molar-refractivity contribution is 0.112. The number of nitrogens with zero attached hydrogens (tertiary/aromatic N) is 1. The van der Waals surface area contributed by atoms with Gasteiger partial charge in [-0.1, -0.05) is 116 Å². The summed E-state index contributed by atoms with van der Waals surface area (Å²) in [5.41, 5.74) is 0.408. The zero-order chi connectivity index (χ0) is 21.8. The van der Waals surface area contributed by atoms with E-state index in [1.807, 2.05) is 0 Å². The molecule has 0 amide bonds. The molecule has 1 heterocycles. The van der Waals surface area contributed by atoms with Crippen LogP contribution in [0.15, 0.2) is 0 Å². The summed E-state index contributed by atoms with van der Waals surface area (Å²) in [6.07, 6.45) is 0.556. The Bertz CT molecular complexity index is 1130. The number of aromatic nitrogens is 1. The minimum Gasteiger partial charge on any atom is -0.297 e. The number of thiazole rings is 1. The quantitative estimate of drug-likeness (QED) is 0.168. The molecule has 3 rings (SSSR count). The Morgan fingerprint density at radius 3 is 1.28 bits per heavy atom. The van der Waals surface area contributed by atoms with E-state index in [1.54, 1.807) is 0 Å². The van der Waals surface area contributed by atoms with Crippen molar-refractivity contribution in [3.05, 3.63) is 55.1 Å². The summed E-state index contributed by atoms with van der Waals surface area (Å²) in [5.74, 6) is 0. The van der Waals surface area contributed by atoms with Crippen molar-refractivity contribution < 1.29 is 4.79 Å². The fourth-order valence-electron chi connectivity index (χ4n) is 2.30. The van der Waals surface area contributed by atoms with Gasteiger partial charge in [0.15, 0.2) is 6.29 Å². The first kappa shape index (κ1) is 24.3. The molecule has 0 N–H and O–H groups in total. The highest BCUT2D eigenvalue weighted by Gasteiger charge is 2.28. The Morgan fingerprint density at radius 1 is 0.552 bits per heavy atom. The molecular formula is C16HCl10NOS. The maximum Gasteiger partial charge on any atom is 0.162 e. The van der Waals surface area contributed by atoms with Crippen LogP contribution >= 0.6 is 127 Å². The number of hydrogen-bond acceptors (Lipinski definition) is 3. The second-order valence-electron chi connectivity index (χ2n) is 5.24. The lowest BCUT2D eigenvalue weighted by atomic mass is 10.1. The minimum atomic E-state index is -0.0437. The van der Waals surface area contributed by atoms with E-state index in [1.165, 1.54) is 0 Å². The van der Waals surface area contributed by atoms with Gasteiger partial charge in [-0.15, -0.1) is 11.3 Å². The van der Waals surface area contributed by atoms with Gasteiger partial charge < -0.3 is 0 Å². The van der Waals surface area contributed by atoms with E-state index in [9.17, 15) is 4.79 Å². The molecule has 1 aromatic heterocycles. The van der Waals surface area contributed by atoms with Crippen molar-refractivity contribution in [2.24, 2.45) is 0 Å². The first-order valence-electron chi connectivity index (χ1n) is 7.02. The Kier molecular flexibility index (Phi) is 7.74. The van der Waals surface area contributed by atoms with Gasteiger partial charge in [-0.2, -0.15) is 0 Å². The van der Waals surface area contributed by atoms with Crippen LogP contribution in [0, 0.1) is 0 Å². The van der Waals surface area contributed by atoms with Crippen LogP contribution in [0.5, 0.6) is 0 Å². The smallest absolute Gasteiger partial charge is 0.162 e. The number of hydrogen-bond donors (Lipinski definition) is 0. The predicted molar refractivity (Wildman–Crippen MR) is 128 cm³/mol. The molecule has 29 heavy (non-hydrogen) atoms. The number of benzene rings is 2. The highest BCUT2D eigenvalue weighted by Crippen LogP contribution is 2.52. The lowest BCUT2D eigenvalue weighted by Crippen LogP contribution is -1.91. The lowest BCUT2D eigenvalue weighted by Gasteiger charge is -2.11. The molecule has 0 spiro atoms. The molecule has 13 heteroatoms. The van der Waals surface area contributed by atoms with E-state index in [-0.39, 0.29) is 76.9 Å². The Hall–Kier alpha value is 0.640. The number of halogens is 10. The van der Waals surface area contributed by atoms with Crippen molar-refractivity contribution in [2.75, 3.05) is 0 Å². The van der Waals surface area contributed by atoms with Gasteiger partial charge in [0.05, 0.1) is 66.4 Å². The number of aldehydes is 1. The van der Waals surface area contributed by atoms with Crippen molar-refractivity contribution >= 4 is 134 Å². The molecule has 0 aliphatic heterocycles. The third-order valence-corrected chi connectivity index (χ3v) is 9.18. The van der Waals surface area contributed by atoms with Crippen LogP contribution in [0.25, 0.3) is 21.8 Å². The van der Waals surface area contributed by atoms with Crippen LogP contribution < -0.4 is 0 Å². The largest absolute Gasteiger partial charge is 0.297 e. The molecule has 0 aliphatic carbocycles. The summed E-state index contributed by atoms with van der Waals surface area (Å²) < 4.78 is 0. The molecule has 0 radical (unpaired) electrons. The second kappa shape index (κ2) is 9.25. The third-order valence-electron chi connectivity index (χ3n) is 3.63. The Labute approximate surface area is 218 Å². The SMILES string of the molecule is O=Cc1sc(-c2c(Cl)c(Cl)c(Cl)c(Cl)c2Cl)nc1-c1c(Cl)c(Cl)c(Cl)c(Cl)c1Cl. The summed E-state index contributed by atoms with van der Waals surface area (Å²) in [6, 6.07) is 0. The van der Waals surface area contributed by atoms with Crippen LogP contribution in [0.3, 0.4) is 0 Å². The number of carbonyl (C=O) groups is 1. The Morgan fingerprint density at radius 2 is 0.897 bits per heavy atom. The maximum absolute atomic E-state index is 11.7. The maximum atomic E-state index is 11.7. The second-order valence-corrected chi connectivity index (χ2v) is 10.0. The highest BCUT2D eigenvalue weighted by atomic mass is 35.5. The molecule has 0 fully saturated rings. The molecule has 0 unspecified atom stereocenters. The van der Waals surface area contributed by atoms with Crippen molar-refractivity contribution in [1.29, 1.82) is 0 Å². The summed E-state index contributed by atoms with van der Waals surface area (Å²) >= 11 is 62.7. The van der Waals surface area contributed by atoms with Crippen molar-refractivity contribution in [2.45, 2.75) is 0 Å². The minimum absolute atomic E-state index is 0.00757. The van der Waals surface area contributed by atoms with Gasteiger partial charge >= 0.3 is 0 Å². The number of rotatable bonds is 3. The molecule has 0 atom stereocenters. The monoisotopic (exact) mass is 605 g/mol. The Balaban J connectivity index is 2.37. The average molecular weight is 610 g/mol. The van der Waals surface area contributed by atoms with Gasteiger partial charge in [-0.3, -0.25) is 4.79 Å². The van der Waals surface area contributed by atoms with Crippen LogP contribution in [0.4, 0.5) is 0 Å². The highest BCUT2D eigenvalue weighted by molar-refractivity contribution is 7.17. The van der Waals surface area contributed by atoms with Gasteiger partial charge in [-0.05, 0) is 0 Å². The zero-order valence-corrected chi connectivity index (χ0v) is 21.5. The van der Waals surface area contributed by atoms with Crippen molar-refractivity contribution in [3.8, 4) is 21.8 Å². The molecule has 0 aliphatic rings. The first-order chi connectivity index (χ1) is 13.5. The van der Waals surface area contributed by atoms with Gasteiger partial charge in [0, 0.05) is 5.56 Å². The van der Waals surface area contributed by atoms with Crippen LogP contribution in [0.2, 0.25) is 50.2 Å². The average Bonchev–Trinajstić information content (AvgIpc) is 3.11. The normalized spacial score (nSPS) is 11.2. The van der Waals surface area contributed by atoms with Crippen LogP contribution in [-0.2, 0) is 0 Å².